The third kappa shape index (κ3) is 10.4. The van der Waals surface area contributed by atoms with Crippen molar-refractivity contribution in [1.29, 1.82) is 0 Å². The molecule has 0 aliphatic heterocycles. The van der Waals surface area contributed by atoms with Gasteiger partial charge in [0.05, 0.1) is 6.61 Å². The molecule has 0 bridgehead atoms. The number of ether oxygens (including phenoxy) is 1. The van der Waals surface area contributed by atoms with Crippen molar-refractivity contribution < 1.29 is 4.74 Å². The first-order chi connectivity index (χ1) is 7.85. The zero-order valence-electron chi connectivity index (χ0n) is 11.4. The van der Waals surface area contributed by atoms with E-state index in [1.807, 2.05) is 7.05 Å². The number of likely N-dealkylation sites (N-methyl/N-ethyl adjacent to an activating group) is 1. The Morgan fingerprint density at radius 2 is 1.62 bits per heavy atom. The van der Waals surface area contributed by atoms with E-state index in [1.54, 1.807) is 0 Å². The minimum absolute atomic E-state index is 0.887. The van der Waals surface area contributed by atoms with E-state index in [9.17, 15) is 0 Å². The van der Waals surface area contributed by atoms with Crippen molar-refractivity contribution >= 4 is 0 Å². The first kappa shape index (κ1) is 15.9. The smallest absolute Gasteiger partial charge is 0.0593 e. The molecule has 0 aliphatic rings. The molecule has 0 atom stereocenters. The maximum atomic E-state index is 5.62. The van der Waals surface area contributed by atoms with Crippen molar-refractivity contribution in [1.82, 2.24) is 10.2 Å². The lowest BCUT2D eigenvalue weighted by atomic mass is 10.2. The van der Waals surface area contributed by atoms with Gasteiger partial charge in [-0.05, 0) is 39.5 Å². The second-order valence-electron chi connectivity index (χ2n) is 4.16. The maximum absolute atomic E-state index is 5.62. The van der Waals surface area contributed by atoms with Gasteiger partial charge in [-0.25, -0.2) is 0 Å². The lowest BCUT2D eigenvalue weighted by Crippen LogP contribution is -2.27. The molecular weight excluding hydrogens is 200 g/mol. The lowest BCUT2D eigenvalue weighted by Gasteiger charge is -2.17. The zero-order chi connectivity index (χ0) is 12.1. The van der Waals surface area contributed by atoms with Crippen LogP contribution >= 0.6 is 0 Å². The van der Waals surface area contributed by atoms with Crippen LogP contribution in [0.25, 0.3) is 0 Å². The largest absolute Gasteiger partial charge is 0.380 e. The molecule has 0 rings (SSSR count). The molecule has 3 heteroatoms. The van der Waals surface area contributed by atoms with Crippen LogP contribution in [0.2, 0.25) is 0 Å². The summed E-state index contributed by atoms with van der Waals surface area (Å²) >= 11 is 0. The fourth-order valence-electron chi connectivity index (χ4n) is 1.70. The Bertz CT molecular complexity index is 127. The van der Waals surface area contributed by atoms with Crippen molar-refractivity contribution in [2.45, 2.75) is 39.5 Å². The van der Waals surface area contributed by atoms with Gasteiger partial charge in [-0.2, -0.15) is 0 Å². The number of unbranched alkanes of at least 4 members (excludes halogenated alkanes) is 3. The minimum Gasteiger partial charge on any atom is -0.380 e. The van der Waals surface area contributed by atoms with Crippen LogP contribution in [0.15, 0.2) is 0 Å². The Morgan fingerprint density at radius 1 is 0.938 bits per heavy atom. The summed E-state index contributed by atoms with van der Waals surface area (Å²) < 4.78 is 5.62. The second kappa shape index (κ2) is 12.9. The number of nitrogens with one attached hydrogen (secondary N) is 1. The normalized spacial score (nSPS) is 11.2. The van der Waals surface area contributed by atoms with Crippen molar-refractivity contribution in [3.05, 3.63) is 0 Å². The van der Waals surface area contributed by atoms with Gasteiger partial charge in [-0.15, -0.1) is 0 Å². The molecule has 3 nitrogen and oxygen atoms in total. The predicted octanol–water partition coefficient (Wildman–Crippen LogP) is 2.12. The molecule has 0 aromatic heterocycles. The minimum atomic E-state index is 0.887. The number of rotatable bonds is 12. The average molecular weight is 230 g/mol. The van der Waals surface area contributed by atoms with Crippen LogP contribution < -0.4 is 5.32 Å². The van der Waals surface area contributed by atoms with Gasteiger partial charge in [-0.3, -0.25) is 0 Å². The van der Waals surface area contributed by atoms with E-state index in [0.717, 1.165) is 39.4 Å². The Kier molecular flexibility index (Phi) is 12.9. The Labute approximate surface area is 102 Å². The second-order valence-corrected chi connectivity index (χ2v) is 4.16. The fraction of sp³-hybridized carbons (Fsp3) is 1.00. The summed E-state index contributed by atoms with van der Waals surface area (Å²) in [7, 11) is 2.01. The van der Waals surface area contributed by atoms with E-state index in [4.69, 9.17) is 4.74 Å². The molecule has 0 unspecified atom stereocenters. The molecule has 98 valence electrons. The van der Waals surface area contributed by atoms with E-state index in [1.165, 1.54) is 25.7 Å². The third-order valence-corrected chi connectivity index (χ3v) is 2.91. The summed E-state index contributed by atoms with van der Waals surface area (Å²) in [5.41, 5.74) is 0. The van der Waals surface area contributed by atoms with E-state index < -0.39 is 0 Å². The predicted molar refractivity (Wildman–Crippen MR) is 71.0 cm³/mol. The van der Waals surface area contributed by atoms with Crippen molar-refractivity contribution in [3.63, 3.8) is 0 Å². The Morgan fingerprint density at radius 3 is 2.25 bits per heavy atom. The van der Waals surface area contributed by atoms with Gasteiger partial charge in [0, 0.05) is 13.2 Å². The van der Waals surface area contributed by atoms with E-state index >= 15 is 0 Å². The standard InChI is InChI=1S/C13H30N2O/c1-4-15(5-2)11-13-16-12-9-7-6-8-10-14-3/h14H,4-13H2,1-3H3. The maximum Gasteiger partial charge on any atom is 0.0593 e. The summed E-state index contributed by atoms with van der Waals surface area (Å²) in [6.45, 7) is 10.7. The van der Waals surface area contributed by atoms with E-state index in [-0.39, 0.29) is 0 Å². The van der Waals surface area contributed by atoms with Gasteiger partial charge < -0.3 is 15.0 Å². The molecule has 0 aliphatic carbocycles. The van der Waals surface area contributed by atoms with Crippen LogP contribution in [0.1, 0.15) is 39.5 Å². The molecular formula is C13H30N2O. The van der Waals surface area contributed by atoms with Gasteiger partial charge in [0.1, 0.15) is 0 Å². The highest BCUT2D eigenvalue weighted by Crippen LogP contribution is 1.99. The van der Waals surface area contributed by atoms with Crippen LogP contribution in [0.4, 0.5) is 0 Å². The molecule has 0 radical (unpaired) electrons. The topological polar surface area (TPSA) is 24.5 Å². The van der Waals surface area contributed by atoms with Crippen LogP contribution in [0, 0.1) is 0 Å². The van der Waals surface area contributed by atoms with Crippen LogP contribution in [-0.4, -0.2) is 51.3 Å². The average Bonchev–Trinajstić information content (AvgIpc) is 2.32. The molecule has 1 N–H and O–H groups in total. The van der Waals surface area contributed by atoms with E-state index in [2.05, 4.69) is 24.1 Å². The summed E-state index contributed by atoms with van der Waals surface area (Å²) in [6, 6.07) is 0. The van der Waals surface area contributed by atoms with Crippen LogP contribution in [0.5, 0.6) is 0 Å². The van der Waals surface area contributed by atoms with Crippen LogP contribution in [0.3, 0.4) is 0 Å². The highest BCUT2D eigenvalue weighted by Gasteiger charge is 1.97. The molecule has 0 amide bonds. The fourth-order valence-corrected chi connectivity index (χ4v) is 1.70. The molecule has 0 saturated carbocycles. The molecule has 0 aromatic carbocycles. The van der Waals surface area contributed by atoms with E-state index in [0.29, 0.717) is 0 Å². The molecule has 0 aromatic rings. The number of nitrogens with zero attached hydrogens (tertiary/aromatic N) is 1. The van der Waals surface area contributed by atoms with Crippen molar-refractivity contribution in [2.75, 3.05) is 46.4 Å². The van der Waals surface area contributed by atoms with Gasteiger partial charge in [0.15, 0.2) is 0 Å². The molecule has 0 saturated heterocycles. The highest BCUT2D eigenvalue weighted by molar-refractivity contribution is 4.50. The van der Waals surface area contributed by atoms with Crippen molar-refractivity contribution in [3.8, 4) is 0 Å². The summed E-state index contributed by atoms with van der Waals surface area (Å²) in [5, 5.41) is 3.17. The summed E-state index contributed by atoms with van der Waals surface area (Å²) in [6.07, 6.45) is 5.12. The Hall–Kier alpha value is -0.120. The van der Waals surface area contributed by atoms with Crippen molar-refractivity contribution in [2.24, 2.45) is 0 Å². The molecule has 0 fully saturated rings. The Balaban J connectivity index is 3.03. The van der Waals surface area contributed by atoms with Gasteiger partial charge >= 0.3 is 0 Å². The highest BCUT2D eigenvalue weighted by atomic mass is 16.5. The van der Waals surface area contributed by atoms with Gasteiger partial charge in [0.2, 0.25) is 0 Å². The molecule has 16 heavy (non-hydrogen) atoms. The molecule has 0 spiro atoms. The third-order valence-electron chi connectivity index (χ3n) is 2.91. The molecule has 0 heterocycles. The SMILES string of the molecule is CCN(CC)CCOCCCCCCNC. The van der Waals surface area contributed by atoms with Gasteiger partial charge in [-0.1, -0.05) is 26.7 Å². The zero-order valence-corrected chi connectivity index (χ0v) is 11.4. The summed E-state index contributed by atoms with van der Waals surface area (Å²) in [5.74, 6) is 0. The first-order valence-corrected chi connectivity index (χ1v) is 6.79. The summed E-state index contributed by atoms with van der Waals surface area (Å²) in [4.78, 5) is 2.40. The quantitative estimate of drug-likeness (QED) is 0.520. The monoisotopic (exact) mass is 230 g/mol. The van der Waals surface area contributed by atoms with Crippen LogP contribution in [-0.2, 0) is 4.74 Å². The number of hydrogen-bond donors (Lipinski definition) is 1. The first-order valence-electron chi connectivity index (χ1n) is 6.79. The lowest BCUT2D eigenvalue weighted by molar-refractivity contribution is 0.104. The number of hydrogen-bond acceptors (Lipinski definition) is 3. The van der Waals surface area contributed by atoms with Gasteiger partial charge in [0.25, 0.3) is 0 Å².